The molecular weight excluding hydrogens is 394 g/mol. The Bertz CT molecular complexity index is 882. The fraction of sp³-hybridized carbons (Fsp3) is 0.333. The molecule has 0 atom stereocenters. The SMILES string of the molecule is COc1ccc(C(=O)N2CCN(CC(=O)Nc3ccccc3Cl)CC2)cc1OC. The minimum absolute atomic E-state index is 0.0638. The summed E-state index contributed by atoms with van der Waals surface area (Å²) in [5.41, 5.74) is 1.15. The van der Waals surface area contributed by atoms with Crippen LogP contribution in [0.15, 0.2) is 42.5 Å². The number of carbonyl (C=O) groups excluding carboxylic acids is 2. The molecule has 2 aromatic carbocycles. The summed E-state index contributed by atoms with van der Waals surface area (Å²) in [6.45, 7) is 2.59. The average molecular weight is 418 g/mol. The van der Waals surface area contributed by atoms with Gasteiger partial charge < -0.3 is 19.7 Å². The monoisotopic (exact) mass is 417 g/mol. The van der Waals surface area contributed by atoms with Gasteiger partial charge in [0.05, 0.1) is 31.5 Å². The van der Waals surface area contributed by atoms with Gasteiger partial charge in [-0.15, -0.1) is 0 Å². The Morgan fingerprint density at radius 2 is 1.69 bits per heavy atom. The predicted octanol–water partition coefficient (Wildman–Crippen LogP) is 2.75. The number of nitrogens with one attached hydrogen (secondary N) is 1. The van der Waals surface area contributed by atoms with Gasteiger partial charge in [-0.05, 0) is 30.3 Å². The number of methoxy groups -OCH3 is 2. The zero-order valence-corrected chi connectivity index (χ0v) is 17.2. The number of carbonyl (C=O) groups is 2. The Hall–Kier alpha value is -2.77. The van der Waals surface area contributed by atoms with E-state index in [9.17, 15) is 9.59 Å². The molecule has 154 valence electrons. The number of anilines is 1. The van der Waals surface area contributed by atoms with Crippen LogP contribution in [0, 0.1) is 0 Å². The number of benzene rings is 2. The minimum atomic E-state index is -0.127. The van der Waals surface area contributed by atoms with E-state index in [0.717, 1.165) is 0 Å². The van der Waals surface area contributed by atoms with Gasteiger partial charge in [-0.1, -0.05) is 23.7 Å². The van der Waals surface area contributed by atoms with Crippen molar-refractivity contribution in [3.63, 3.8) is 0 Å². The van der Waals surface area contributed by atoms with Crippen LogP contribution in [-0.4, -0.2) is 68.6 Å². The van der Waals surface area contributed by atoms with Gasteiger partial charge in [0, 0.05) is 31.7 Å². The third-order valence-electron chi connectivity index (χ3n) is 4.81. The van der Waals surface area contributed by atoms with Crippen LogP contribution in [0.1, 0.15) is 10.4 Å². The van der Waals surface area contributed by atoms with Gasteiger partial charge in [-0.3, -0.25) is 14.5 Å². The second-order valence-corrected chi connectivity index (χ2v) is 7.07. The summed E-state index contributed by atoms with van der Waals surface area (Å²) in [6, 6.07) is 12.3. The van der Waals surface area contributed by atoms with Crippen molar-refractivity contribution < 1.29 is 19.1 Å². The Morgan fingerprint density at radius 3 is 2.34 bits per heavy atom. The molecule has 29 heavy (non-hydrogen) atoms. The fourth-order valence-electron chi connectivity index (χ4n) is 3.22. The molecule has 7 nitrogen and oxygen atoms in total. The molecule has 0 bridgehead atoms. The molecule has 0 aromatic heterocycles. The largest absolute Gasteiger partial charge is 0.493 e. The molecular formula is C21H24ClN3O4. The molecule has 2 amide bonds. The molecule has 0 saturated carbocycles. The minimum Gasteiger partial charge on any atom is -0.493 e. The maximum absolute atomic E-state index is 12.8. The van der Waals surface area contributed by atoms with Crippen molar-refractivity contribution in [3.8, 4) is 11.5 Å². The molecule has 8 heteroatoms. The first-order chi connectivity index (χ1) is 14.0. The zero-order chi connectivity index (χ0) is 20.8. The lowest BCUT2D eigenvalue weighted by Crippen LogP contribution is -2.50. The van der Waals surface area contributed by atoms with Gasteiger partial charge in [0.1, 0.15) is 0 Å². The zero-order valence-electron chi connectivity index (χ0n) is 16.5. The van der Waals surface area contributed by atoms with Crippen LogP contribution in [0.25, 0.3) is 0 Å². The van der Waals surface area contributed by atoms with Crippen molar-refractivity contribution in [1.82, 2.24) is 9.80 Å². The van der Waals surface area contributed by atoms with Crippen molar-refractivity contribution >= 4 is 29.1 Å². The lowest BCUT2D eigenvalue weighted by molar-refractivity contribution is -0.117. The fourth-order valence-corrected chi connectivity index (χ4v) is 3.40. The van der Waals surface area contributed by atoms with Crippen molar-refractivity contribution in [2.24, 2.45) is 0 Å². The predicted molar refractivity (Wildman–Crippen MR) is 112 cm³/mol. The van der Waals surface area contributed by atoms with E-state index in [0.29, 0.717) is 54.0 Å². The highest BCUT2D eigenvalue weighted by Gasteiger charge is 2.24. The summed E-state index contributed by atoms with van der Waals surface area (Å²) < 4.78 is 10.5. The van der Waals surface area contributed by atoms with Crippen molar-refractivity contribution in [1.29, 1.82) is 0 Å². The molecule has 1 fully saturated rings. The quantitative estimate of drug-likeness (QED) is 0.782. The Balaban J connectivity index is 1.53. The molecule has 0 unspecified atom stereocenters. The Kier molecular flexibility index (Phi) is 6.95. The molecule has 0 radical (unpaired) electrons. The number of hydrogen-bond donors (Lipinski definition) is 1. The number of rotatable bonds is 6. The van der Waals surface area contributed by atoms with E-state index in [1.54, 1.807) is 49.5 Å². The molecule has 0 spiro atoms. The first-order valence-electron chi connectivity index (χ1n) is 9.30. The lowest BCUT2D eigenvalue weighted by atomic mass is 10.1. The number of nitrogens with zero attached hydrogens (tertiary/aromatic N) is 2. The maximum atomic E-state index is 12.8. The second-order valence-electron chi connectivity index (χ2n) is 6.67. The van der Waals surface area contributed by atoms with Crippen LogP contribution < -0.4 is 14.8 Å². The van der Waals surface area contributed by atoms with Crippen molar-refractivity contribution in [3.05, 3.63) is 53.1 Å². The maximum Gasteiger partial charge on any atom is 0.254 e. The van der Waals surface area contributed by atoms with E-state index < -0.39 is 0 Å². The molecule has 1 aliphatic rings. The van der Waals surface area contributed by atoms with Crippen LogP contribution in [0.2, 0.25) is 5.02 Å². The molecule has 0 aliphatic carbocycles. The standard InChI is InChI=1S/C21H24ClN3O4/c1-28-18-8-7-15(13-19(18)29-2)21(27)25-11-9-24(10-12-25)14-20(26)23-17-6-4-3-5-16(17)22/h3-8,13H,9-12,14H2,1-2H3,(H,23,26). The third kappa shape index (κ3) is 5.19. The summed E-state index contributed by atoms with van der Waals surface area (Å²) in [5.74, 6) is 0.913. The van der Waals surface area contributed by atoms with E-state index in [1.807, 2.05) is 17.0 Å². The van der Waals surface area contributed by atoms with E-state index in [4.69, 9.17) is 21.1 Å². The molecule has 3 rings (SSSR count). The highest BCUT2D eigenvalue weighted by molar-refractivity contribution is 6.33. The van der Waals surface area contributed by atoms with E-state index in [2.05, 4.69) is 5.32 Å². The van der Waals surface area contributed by atoms with Gasteiger partial charge in [-0.2, -0.15) is 0 Å². The third-order valence-corrected chi connectivity index (χ3v) is 5.13. The van der Waals surface area contributed by atoms with E-state index >= 15 is 0 Å². The normalized spacial score (nSPS) is 14.4. The number of amides is 2. The first-order valence-corrected chi connectivity index (χ1v) is 9.67. The Labute approximate surface area is 175 Å². The smallest absolute Gasteiger partial charge is 0.254 e. The van der Waals surface area contributed by atoms with Gasteiger partial charge in [0.15, 0.2) is 11.5 Å². The number of halogens is 1. The number of para-hydroxylation sites is 1. The van der Waals surface area contributed by atoms with Crippen molar-refractivity contribution in [2.45, 2.75) is 0 Å². The summed E-state index contributed by atoms with van der Waals surface area (Å²) >= 11 is 6.07. The lowest BCUT2D eigenvalue weighted by Gasteiger charge is -2.34. The number of hydrogen-bond acceptors (Lipinski definition) is 5. The summed E-state index contributed by atoms with van der Waals surface area (Å²) in [7, 11) is 3.10. The van der Waals surface area contributed by atoms with Gasteiger partial charge in [0.25, 0.3) is 5.91 Å². The topological polar surface area (TPSA) is 71.1 Å². The molecule has 1 saturated heterocycles. The number of piperazine rings is 1. The molecule has 1 heterocycles. The highest BCUT2D eigenvalue weighted by atomic mass is 35.5. The summed E-state index contributed by atoms with van der Waals surface area (Å²) in [6.07, 6.45) is 0. The van der Waals surface area contributed by atoms with Gasteiger partial charge in [-0.25, -0.2) is 0 Å². The van der Waals surface area contributed by atoms with Crippen LogP contribution in [-0.2, 0) is 4.79 Å². The summed E-state index contributed by atoms with van der Waals surface area (Å²) in [5, 5.41) is 3.33. The Morgan fingerprint density at radius 1 is 1.00 bits per heavy atom. The van der Waals surface area contributed by atoms with Gasteiger partial charge in [0.2, 0.25) is 5.91 Å². The molecule has 2 aromatic rings. The van der Waals surface area contributed by atoms with Crippen LogP contribution in [0.5, 0.6) is 11.5 Å². The van der Waals surface area contributed by atoms with Gasteiger partial charge >= 0.3 is 0 Å². The summed E-state index contributed by atoms with van der Waals surface area (Å²) in [4.78, 5) is 28.9. The van der Waals surface area contributed by atoms with Crippen LogP contribution >= 0.6 is 11.6 Å². The van der Waals surface area contributed by atoms with E-state index in [-0.39, 0.29) is 18.4 Å². The molecule has 1 aliphatic heterocycles. The average Bonchev–Trinajstić information content (AvgIpc) is 2.75. The first kappa shape index (κ1) is 21.0. The van der Waals surface area contributed by atoms with Crippen LogP contribution in [0.4, 0.5) is 5.69 Å². The van der Waals surface area contributed by atoms with Crippen LogP contribution in [0.3, 0.4) is 0 Å². The van der Waals surface area contributed by atoms with E-state index in [1.165, 1.54) is 0 Å². The molecule has 1 N–H and O–H groups in total. The number of ether oxygens (including phenoxy) is 2. The highest BCUT2D eigenvalue weighted by Crippen LogP contribution is 2.28. The second kappa shape index (κ2) is 9.62. The van der Waals surface area contributed by atoms with Crippen molar-refractivity contribution in [2.75, 3.05) is 52.3 Å².